The summed E-state index contributed by atoms with van der Waals surface area (Å²) in [5, 5.41) is 4.19. The molecule has 1 amide bonds. The van der Waals surface area contributed by atoms with Crippen molar-refractivity contribution in [2.75, 3.05) is 20.8 Å². The molecule has 29 heavy (non-hydrogen) atoms. The summed E-state index contributed by atoms with van der Waals surface area (Å²) >= 11 is 0. The molecule has 6 nitrogen and oxygen atoms in total. The molecule has 1 heterocycles. The van der Waals surface area contributed by atoms with Crippen LogP contribution in [0.15, 0.2) is 47.6 Å². The van der Waals surface area contributed by atoms with E-state index in [4.69, 9.17) is 14.3 Å². The Balaban J connectivity index is 1.69. The first-order valence-electron chi connectivity index (χ1n) is 9.52. The number of carbonyl (C=O) groups is 1. The fourth-order valence-electron chi connectivity index (χ4n) is 3.27. The van der Waals surface area contributed by atoms with Gasteiger partial charge in [-0.3, -0.25) is 4.79 Å². The predicted molar refractivity (Wildman–Crippen MR) is 108 cm³/mol. The number of oxime groups is 1. The van der Waals surface area contributed by atoms with Crippen LogP contribution in [0.1, 0.15) is 30.9 Å². The largest absolute Gasteiger partial charge is 0.493 e. The molecule has 154 valence electrons. The van der Waals surface area contributed by atoms with Crippen molar-refractivity contribution >= 4 is 11.6 Å². The summed E-state index contributed by atoms with van der Waals surface area (Å²) in [5.41, 5.74) is 2.12. The third kappa shape index (κ3) is 4.85. The van der Waals surface area contributed by atoms with Crippen LogP contribution in [0.4, 0.5) is 4.39 Å². The molecule has 0 saturated carbocycles. The molecule has 0 aliphatic carbocycles. The highest BCUT2D eigenvalue weighted by molar-refractivity contribution is 6.01. The Bertz CT molecular complexity index is 900. The van der Waals surface area contributed by atoms with E-state index in [1.54, 1.807) is 44.2 Å². The lowest BCUT2D eigenvalue weighted by molar-refractivity contribution is -0.133. The number of ether oxygens (including phenoxy) is 2. The zero-order valence-electron chi connectivity index (χ0n) is 16.9. The molecule has 0 fully saturated rings. The Kier molecular flexibility index (Phi) is 6.69. The fraction of sp³-hybridized carbons (Fsp3) is 0.364. The molecular weight excluding hydrogens is 375 g/mol. The molecule has 7 heteroatoms. The van der Waals surface area contributed by atoms with Gasteiger partial charge in [-0.2, -0.15) is 0 Å². The van der Waals surface area contributed by atoms with E-state index in [-0.39, 0.29) is 24.4 Å². The van der Waals surface area contributed by atoms with Gasteiger partial charge in [-0.25, -0.2) is 4.39 Å². The Morgan fingerprint density at radius 3 is 2.66 bits per heavy atom. The van der Waals surface area contributed by atoms with E-state index < -0.39 is 0 Å². The van der Waals surface area contributed by atoms with E-state index in [2.05, 4.69) is 5.16 Å². The molecule has 2 aromatic carbocycles. The smallest absolute Gasteiger partial charge is 0.222 e. The summed E-state index contributed by atoms with van der Waals surface area (Å²) in [7, 11) is 3.16. The first-order valence-corrected chi connectivity index (χ1v) is 9.52. The molecule has 0 unspecified atom stereocenters. The molecule has 1 aliphatic heterocycles. The number of hydrogen-bond donors (Lipinski definition) is 0. The summed E-state index contributed by atoms with van der Waals surface area (Å²) in [6.07, 6.45) is 0.588. The highest BCUT2D eigenvalue weighted by atomic mass is 19.1. The van der Waals surface area contributed by atoms with Crippen LogP contribution in [-0.4, -0.2) is 43.4 Å². The number of benzene rings is 2. The summed E-state index contributed by atoms with van der Waals surface area (Å²) in [4.78, 5) is 19.6. The summed E-state index contributed by atoms with van der Waals surface area (Å²) in [6, 6.07) is 12.0. The van der Waals surface area contributed by atoms with Gasteiger partial charge in [0.15, 0.2) is 17.6 Å². The van der Waals surface area contributed by atoms with E-state index in [1.807, 2.05) is 18.2 Å². The molecule has 0 radical (unpaired) electrons. The molecule has 2 aromatic rings. The fourth-order valence-corrected chi connectivity index (χ4v) is 3.27. The topological polar surface area (TPSA) is 60.4 Å². The van der Waals surface area contributed by atoms with Crippen LogP contribution in [0.3, 0.4) is 0 Å². The van der Waals surface area contributed by atoms with Gasteiger partial charge in [-0.05, 0) is 24.3 Å². The van der Waals surface area contributed by atoms with E-state index in [1.165, 1.54) is 6.07 Å². The number of nitrogens with zero attached hydrogens (tertiary/aromatic N) is 2. The van der Waals surface area contributed by atoms with Crippen molar-refractivity contribution in [2.24, 2.45) is 5.16 Å². The highest BCUT2D eigenvalue weighted by Crippen LogP contribution is 2.29. The first-order chi connectivity index (χ1) is 14.0. The van der Waals surface area contributed by atoms with E-state index in [0.717, 1.165) is 11.3 Å². The summed E-state index contributed by atoms with van der Waals surface area (Å²) in [5.74, 6) is 0.864. The number of halogens is 1. The zero-order valence-corrected chi connectivity index (χ0v) is 16.9. The maximum Gasteiger partial charge on any atom is 0.222 e. The van der Waals surface area contributed by atoms with Gasteiger partial charge >= 0.3 is 0 Å². The Labute approximate surface area is 169 Å². The lowest BCUT2D eigenvalue weighted by atomic mass is 10.0. The molecular formula is C22H25FN2O4. The van der Waals surface area contributed by atoms with Gasteiger partial charge in [0, 0.05) is 30.5 Å². The van der Waals surface area contributed by atoms with Crippen LogP contribution in [0, 0.1) is 5.82 Å². The molecule has 0 N–H and O–H groups in total. The molecule has 1 aliphatic rings. The van der Waals surface area contributed by atoms with E-state index in [9.17, 15) is 9.18 Å². The van der Waals surface area contributed by atoms with Gasteiger partial charge in [-0.15, -0.1) is 0 Å². The second-order valence-corrected chi connectivity index (χ2v) is 6.76. The average Bonchev–Trinajstić information content (AvgIpc) is 3.22. The van der Waals surface area contributed by atoms with Crippen LogP contribution in [0.5, 0.6) is 11.5 Å². The number of amides is 1. The standard InChI is InChI=1S/C22H25FN2O4/c1-4-22(26)25(13-16-7-5-6-8-18(16)23)14-17-12-19(24-29-17)15-9-10-20(27-2)21(11-15)28-3/h5-11,17H,4,12-14H2,1-3H3/t17-/m1/s1. The van der Waals surface area contributed by atoms with Crippen LogP contribution in [0.25, 0.3) is 0 Å². The molecule has 0 aromatic heterocycles. The lowest BCUT2D eigenvalue weighted by Gasteiger charge is -2.24. The Morgan fingerprint density at radius 1 is 1.21 bits per heavy atom. The predicted octanol–water partition coefficient (Wildman–Crippen LogP) is 3.77. The van der Waals surface area contributed by atoms with Crippen molar-refractivity contribution < 1.29 is 23.5 Å². The van der Waals surface area contributed by atoms with Crippen molar-refractivity contribution in [3.05, 3.63) is 59.4 Å². The third-order valence-corrected chi connectivity index (χ3v) is 4.85. The molecule has 3 rings (SSSR count). The van der Waals surface area contributed by atoms with Gasteiger partial charge in [0.1, 0.15) is 5.82 Å². The minimum absolute atomic E-state index is 0.0589. The summed E-state index contributed by atoms with van der Waals surface area (Å²) in [6.45, 7) is 2.32. The van der Waals surface area contributed by atoms with Crippen molar-refractivity contribution in [2.45, 2.75) is 32.4 Å². The van der Waals surface area contributed by atoms with E-state index >= 15 is 0 Å². The molecule has 0 spiro atoms. The number of rotatable bonds is 8. The average molecular weight is 400 g/mol. The maximum atomic E-state index is 14.0. The minimum Gasteiger partial charge on any atom is -0.493 e. The third-order valence-electron chi connectivity index (χ3n) is 4.85. The highest BCUT2D eigenvalue weighted by Gasteiger charge is 2.27. The van der Waals surface area contributed by atoms with Crippen molar-refractivity contribution in [3.8, 4) is 11.5 Å². The van der Waals surface area contributed by atoms with Crippen LogP contribution >= 0.6 is 0 Å². The van der Waals surface area contributed by atoms with Crippen molar-refractivity contribution in [1.82, 2.24) is 4.90 Å². The first kappa shape index (κ1) is 20.6. The van der Waals surface area contributed by atoms with Crippen LogP contribution in [-0.2, 0) is 16.2 Å². The van der Waals surface area contributed by atoms with Crippen LogP contribution in [0.2, 0.25) is 0 Å². The van der Waals surface area contributed by atoms with Crippen molar-refractivity contribution in [1.29, 1.82) is 0 Å². The monoisotopic (exact) mass is 400 g/mol. The molecule has 1 atom stereocenters. The lowest BCUT2D eigenvalue weighted by Crippen LogP contribution is -2.37. The van der Waals surface area contributed by atoms with E-state index in [0.29, 0.717) is 36.4 Å². The maximum absolute atomic E-state index is 14.0. The van der Waals surface area contributed by atoms with Gasteiger partial charge in [0.25, 0.3) is 0 Å². The Hall–Kier alpha value is -3.09. The summed E-state index contributed by atoms with van der Waals surface area (Å²) < 4.78 is 24.6. The number of hydrogen-bond acceptors (Lipinski definition) is 5. The van der Waals surface area contributed by atoms with Gasteiger partial charge in [0.05, 0.1) is 26.5 Å². The molecule has 0 bridgehead atoms. The minimum atomic E-state index is -0.323. The van der Waals surface area contributed by atoms with Gasteiger partial charge in [0.2, 0.25) is 5.91 Å². The molecule has 0 saturated heterocycles. The normalized spacial score (nSPS) is 15.4. The van der Waals surface area contributed by atoms with Gasteiger partial charge < -0.3 is 19.2 Å². The van der Waals surface area contributed by atoms with Crippen molar-refractivity contribution in [3.63, 3.8) is 0 Å². The number of methoxy groups -OCH3 is 2. The van der Waals surface area contributed by atoms with Crippen LogP contribution < -0.4 is 9.47 Å². The second kappa shape index (κ2) is 9.41. The zero-order chi connectivity index (χ0) is 20.8. The van der Waals surface area contributed by atoms with Gasteiger partial charge in [-0.1, -0.05) is 30.3 Å². The number of carbonyl (C=O) groups excluding carboxylic acids is 1. The Morgan fingerprint density at radius 2 is 1.97 bits per heavy atom. The second-order valence-electron chi connectivity index (χ2n) is 6.76. The SMILES string of the molecule is CCC(=O)N(Cc1ccccc1F)C[C@H]1CC(c2ccc(OC)c(OC)c2)=NO1. The quantitative estimate of drug-likeness (QED) is 0.677.